The van der Waals surface area contributed by atoms with Gasteiger partial charge >= 0.3 is 0 Å². The van der Waals surface area contributed by atoms with Gasteiger partial charge in [0.15, 0.2) is 0 Å². The summed E-state index contributed by atoms with van der Waals surface area (Å²) >= 11 is 5.74. The van der Waals surface area contributed by atoms with Gasteiger partial charge in [-0.15, -0.1) is 12.4 Å². The van der Waals surface area contributed by atoms with E-state index >= 15 is 0 Å². The maximum Gasteiger partial charge on any atom is 0.267 e. The molecule has 0 aliphatic rings. The number of aromatic nitrogens is 1. The topological polar surface area (TPSA) is 36.1 Å². The first kappa shape index (κ1) is 16.6. The number of nitrogens with one attached hydrogen (secondary N) is 1. The van der Waals surface area contributed by atoms with E-state index in [9.17, 15) is 4.79 Å². The van der Waals surface area contributed by atoms with Crippen molar-refractivity contribution in [3.63, 3.8) is 0 Å². The van der Waals surface area contributed by atoms with E-state index in [4.69, 9.17) is 11.6 Å². The lowest BCUT2D eigenvalue weighted by atomic mass is 10.1. The Kier molecular flexibility index (Phi) is 6.11. The van der Waals surface area contributed by atoms with Crippen molar-refractivity contribution in [2.75, 3.05) is 18.0 Å². The minimum atomic E-state index is -0.257. The first-order valence-corrected chi connectivity index (χ1v) is 6.77. The van der Waals surface area contributed by atoms with E-state index in [1.807, 2.05) is 18.2 Å². The van der Waals surface area contributed by atoms with Gasteiger partial charge in [0.1, 0.15) is 5.02 Å². The van der Waals surface area contributed by atoms with Gasteiger partial charge in [0.2, 0.25) is 0 Å². The zero-order valence-electron chi connectivity index (χ0n) is 11.5. The summed E-state index contributed by atoms with van der Waals surface area (Å²) in [5.41, 5.74) is 2.66. The molecule has 3 nitrogen and oxygen atoms in total. The Balaban J connectivity index is 0.00000200. The molecule has 1 aromatic heterocycles. The zero-order valence-corrected chi connectivity index (χ0v) is 13.1. The minimum Gasteiger partial charge on any atom is -0.372 e. The molecule has 0 bridgehead atoms. The van der Waals surface area contributed by atoms with Crippen molar-refractivity contribution in [1.29, 1.82) is 0 Å². The van der Waals surface area contributed by atoms with Crippen molar-refractivity contribution >= 4 is 29.7 Å². The van der Waals surface area contributed by atoms with Gasteiger partial charge in [0.25, 0.3) is 5.56 Å². The standard InChI is InChI=1S/C15H17ClN2O.ClH/c1-3-18(4-2)12-7-5-6-11(10-12)14-9-8-13(16)15(19)17-14;/h5-10H,3-4H2,1-2H3,(H,17,19);1H. The van der Waals surface area contributed by atoms with Crippen LogP contribution in [0.5, 0.6) is 0 Å². The molecule has 1 N–H and O–H groups in total. The number of benzene rings is 1. The lowest BCUT2D eigenvalue weighted by Crippen LogP contribution is -2.21. The number of halogens is 2. The Morgan fingerprint density at radius 3 is 2.45 bits per heavy atom. The second kappa shape index (κ2) is 7.36. The molecule has 0 atom stereocenters. The molecule has 2 rings (SSSR count). The van der Waals surface area contributed by atoms with Crippen LogP contribution in [-0.4, -0.2) is 18.1 Å². The molecule has 0 spiro atoms. The zero-order chi connectivity index (χ0) is 13.8. The predicted molar refractivity (Wildman–Crippen MR) is 88.3 cm³/mol. The molecular formula is C15H18Cl2N2O. The molecule has 1 aromatic carbocycles. The molecule has 0 amide bonds. The summed E-state index contributed by atoms with van der Waals surface area (Å²) in [5, 5.41) is 0.212. The van der Waals surface area contributed by atoms with Crippen LogP contribution in [-0.2, 0) is 0 Å². The van der Waals surface area contributed by atoms with Gasteiger partial charge in [-0.2, -0.15) is 0 Å². The number of pyridine rings is 1. The molecule has 0 saturated heterocycles. The van der Waals surface area contributed by atoms with Crippen LogP contribution < -0.4 is 10.5 Å². The molecule has 0 radical (unpaired) electrons. The van der Waals surface area contributed by atoms with Crippen molar-refractivity contribution in [2.45, 2.75) is 13.8 Å². The second-order valence-electron chi connectivity index (χ2n) is 4.27. The fraction of sp³-hybridized carbons (Fsp3) is 0.267. The van der Waals surface area contributed by atoms with Crippen LogP contribution in [0.3, 0.4) is 0 Å². The van der Waals surface area contributed by atoms with Crippen LogP contribution in [0.2, 0.25) is 5.02 Å². The highest BCUT2D eigenvalue weighted by Gasteiger charge is 2.05. The predicted octanol–water partition coefficient (Wildman–Crippen LogP) is 3.96. The fourth-order valence-corrected chi connectivity index (χ4v) is 2.19. The van der Waals surface area contributed by atoms with Crippen molar-refractivity contribution < 1.29 is 0 Å². The summed E-state index contributed by atoms with van der Waals surface area (Å²) in [6, 6.07) is 11.6. The van der Waals surface area contributed by atoms with Gasteiger partial charge in [-0.1, -0.05) is 23.7 Å². The number of rotatable bonds is 4. The molecule has 0 saturated carbocycles. The molecule has 5 heteroatoms. The maximum absolute atomic E-state index is 11.5. The van der Waals surface area contributed by atoms with E-state index < -0.39 is 0 Å². The average molecular weight is 313 g/mol. The fourth-order valence-electron chi connectivity index (χ4n) is 2.08. The van der Waals surface area contributed by atoms with E-state index in [0.29, 0.717) is 0 Å². The van der Waals surface area contributed by atoms with Crippen LogP contribution in [0.4, 0.5) is 5.69 Å². The summed E-state index contributed by atoms with van der Waals surface area (Å²) in [5.74, 6) is 0. The van der Waals surface area contributed by atoms with Gasteiger partial charge in [-0.25, -0.2) is 0 Å². The van der Waals surface area contributed by atoms with Crippen molar-refractivity contribution in [3.8, 4) is 11.3 Å². The lowest BCUT2D eigenvalue weighted by Gasteiger charge is -2.21. The van der Waals surface area contributed by atoms with E-state index in [0.717, 1.165) is 30.0 Å². The van der Waals surface area contributed by atoms with Crippen LogP contribution in [0.1, 0.15) is 13.8 Å². The van der Waals surface area contributed by atoms with Crippen LogP contribution >= 0.6 is 24.0 Å². The monoisotopic (exact) mass is 312 g/mol. The molecule has 0 unspecified atom stereocenters. The Morgan fingerprint density at radius 1 is 1.15 bits per heavy atom. The molecule has 0 fully saturated rings. The number of hydrogen-bond donors (Lipinski definition) is 1. The normalized spacial score (nSPS) is 9.95. The maximum atomic E-state index is 11.5. The third-order valence-electron chi connectivity index (χ3n) is 3.15. The number of anilines is 1. The van der Waals surface area contributed by atoms with Crippen molar-refractivity contribution in [3.05, 3.63) is 51.8 Å². The summed E-state index contributed by atoms with van der Waals surface area (Å²) in [4.78, 5) is 16.6. The van der Waals surface area contributed by atoms with Crippen molar-refractivity contribution in [2.24, 2.45) is 0 Å². The Hall–Kier alpha value is -1.45. The summed E-state index contributed by atoms with van der Waals surface area (Å²) in [6.45, 7) is 6.16. The van der Waals surface area contributed by atoms with Crippen molar-refractivity contribution in [1.82, 2.24) is 4.98 Å². The van der Waals surface area contributed by atoms with Gasteiger partial charge < -0.3 is 9.88 Å². The number of hydrogen-bond acceptors (Lipinski definition) is 2. The molecule has 2 aromatic rings. The smallest absolute Gasteiger partial charge is 0.267 e. The first-order chi connectivity index (χ1) is 9.15. The van der Waals surface area contributed by atoms with Gasteiger partial charge in [0, 0.05) is 30.0 Å². The van der Waals surface area contributed by atoms with Gasteiger partial charge in [-0.3, -0.25) is 4.79 Å². The number of nitrogens with zero attached hydrogens (tertiary/aromatic N) is 1. The highest BCUT2D eigenvalue weighted by molar-refractivity contribution is 6.30. The van der Waals surface area contributed by atoms with Gasteiger partial charge in [0.05, 0.1) is 0 Å². The van der Waals surface area contributed by atoms with E-state index in [2.05, 4.69) is 35.9 Å². The van der Waals surface area contributed by atoms with Crippen LogP contribution in [0.15, 0.2) is 41.2 Å². The second-order valence-corrected chi connectivity index (χ2v) is 4.68. The minimum absolute atomic E-state index is 0. The highest BCUT2D eigenvalue weighted by Crippen LogP contribution is 2.23. The Bertz CT molecular complexity index is 621. The molecular weight excluding hydrogens is 295 g/mol. The summed E-state index contributed by atoms with van der Waals surface area (Å²) < 4.78 is 0. The van der Waals surface area contributed by atoms with E-state index in [-0.39, 0.29) is 23.0 Å². The Labute approximate surface area is 130 Å². The van der Waals surface area contributed by atoms with Gasteiger partial charge in [-0.05, 0) is 38.1 Å². The van der Waals surface area contributed by atoms with Crippen LogP contribution in [0.25, 0.3) is 11.3 Å². The summed E-state index contributed by atoms with van der Waals surface area (Å²) in [6.07, 6.45) is 0. The summed E-state index contributed by atoms with van der Waals surface area (Å²) in [7, 11) is 0. The molecule has 20 heavy (non-hydrogen) atoms. The molecule has 108 valence electrons. The number of H-pyrrole nitrogens is 1. The molecule has 0 aliphatic carbocycles. The number of aromatic amines is 1. The third kappa shape index (κ3) is 3.56. The lowest BCUT2D eigenvalue weighted by molar-refractivity contribution is 0.866. The quantitative estimate of drug-likeness (QED) is 0.927. The van der Waals surface area contributed by atoms with E-state index in [1.54, 1.807) is 6.07 Å². The third-order valence-corrected chi connectivity index (χ3v) is 3.44. The Morgan fingerprint density at radius 2 is 1.85 bits per heavy atom. The SMILES string of the molecule is CCN(CC)c1cccc(-c2ccc(Cl)c(=O)[nH]2)c1.Cl. The molecule has 0 aliphatic heterocycles. The first-order valence-electron chi connectivity index (χ1n) is 6.40. The average Bonchev–Trinajstić information content (AvgIpc) is 2.44. The van der Waals surface area contributed by atoms with E-state index in [1.165, 1.54) is 0 Å². The molecule has 1 heterocycles. The van der Waals surface area contributed by atoms with Crippen LogP contribution in [0, 0.1) is 0 Å². The largest absolute Gasteiger partial charge is 0.372 e. The highest BCUT2D eigenvalue weighted by atomic mass is 35.5.